The van der Waals surface area contributed by atoms with Gasteiger partial charge in [0.15, 0.2) is 5.13 Å². The molecule has 0 aliphatic heterocycles. The molecule has 1 N–H and O–H groups in total. The molecule has 0 spiro atoms. The van der Waals surface area contributed by atoms with E-state index in [4.69, 9.17) is 9.47 Å². The Morgan fingerprint density at radius 1 is 1.07 bits per heavy atom. The quantitative estimate of drug-likeness (QED) is 0.571. The standard InChI is InChI=1S/C22H25N3O3S/c1-14(2)27-19-11-18(21(26)25-22-23-15(3)13-29-22)12-20(24-19)28-16(4)10-17-8-6-5-7-9-17/h5-9,11-14,16H,10H2,1-4H3,(H,23,25,26)/t16-/m1/s1. The number of aromatic nitrogens is 2. The van der Waals surface area contributed by atoms with E-state index in [9.17, 15) is 4.79 Å². The van der Waals surface area contributed by atoms with Crippen LogP contribution in [0.2, 0.25) is 0 Å². The highest BCUT2D eigenvalue weighted by atomic mass is 32.1. The van der Waals surface area contributed by atoms with E-state index in [1.807, 2.05) is 51.3 Å². The van der Waals surface area contributed by atoms with Crippen molar-refractivity contribution in [2.75, 3.05) is 5.32 Å². The van der Waals surface area contributed by atoms with Crippen LogP contribution in [0.1, 0.15) is 42.4 Å². The lowest BCUT2D eigenvalue weighted by Gasteiger charge is -2.16. The maximum Gasteiger partial charge on any atom is 0.257 e. The molecule has 3 aromatic rings. The van der Waals surface area contributed by atoms with Crippen LogP contribution in [-0.2, 0) is 6.42 Å². The first-order chi connectivity index (χ1) is 13.9. The Balaban J connectivity index is 1.78. The van der Waals surface area contributed by atoms with E-state index in [1.54, 1.807) is 12.1 Å². The number of nitrogens with zero attached hydrogens (tertiary/aromatic N) is 2. The Bertz CT molecular complexity index is 957. The number of nitrogens with one attached hydrogen (secondary N) is 1. The van der Waals surface area contributed by atoms with E-state index in [-0.39, 0.29) is 18.1 Å². The summed E-state index contributed by atoms with van der Waals surface area (Å²) in [7, 11) is 0. The Morgan fingerprint density at radius 2 is 1.76 bits per heavy atom. The molecule has 0 saturated heterocycles. The molecule has 0 saturated carbocycles. The molecule has 2 heterocycles. The van der Waals surface area contributed by atoms with Crippen molar-refractivity contribution >= 4 is 22.4 Å². The van der Waals surface area contributed by atoms with Crippen LogP contribution in [-0.4, -0.2) is 28.1 Å². The number of hydrogen-bond acceptors (Lipinski definition) is 6. The van der Waals surface area contributed by atoms with Gasteiger partial charge in [0.25, 0.3) is 5.91 Å². The van der Waals surface area contributed by atoms with Crippen molar-refractivity contribution in [2.24, 2.45) is 0 Å². The molecular weight excluding hydrogens is 386 g/mol. The van der Waals surface area contributed by atoms with Crippen LogP contribution in [0.4, 0.5) is 5.13 Å². The van der Waals surface area contributed by atoms with Crippen LogP contribution < -0.4 is 14.8 Å². The third-order valence-electron chi connectivity index (χ3n) is 3.92. The summed E-state index contributed by atoms with van der Waals surface area (Å²) >= 11 is 1.38. The lowest BCUT2D eigenvalue weighted by molar-refractivity contribution is 0.102. The molecule has 1 atom stereocenters. The zero-order chi connectivity index (χ0) is 20.8. The minimum atomic E-state index is -0.282. The van der Waals surface area contributed by atoms with E-state index in [1.165, 1.54) is 16.9 Å². The molecular formula is C22H25N3O3S. The molecule has 0 radical (unpaired) electrons. The zero-order valence-corrected chi connectivity index (χ0v) is 17.8. The molecule has 1 aromatic carbocycles. The number of thiazole rings is 1. The molecule has 6 nitrogen and oxygen atoms in total. The van der Waals surface area contributed by atoms with Gasteiger partial charge >= 0.3 is 0 Å². The minimum Gasteiger partial charge on any atom is -0.475 e. The van der Waals surface area contributed by atoms with Crippen molar-refractivity contribution in [1.29, 1.82) is 0 Å². The maximum absolute atomic E-state index is 12.7. The van der Waals surface area contributed by atoms with Gasteiger partial charge in [-0.2, -0.15) is 4.98 Å². The first-order valence-electron chi connectivity index (χ1n) is 9.52. The van der Waals surface area contributed by atoms with Gasteiger partial charge in [0.1, 0.15) is 6.10 Å². The van der Waals surface area contributed by atoms with Gasteiger partial charge in [-0.05, 0) is 33.3 Å². The number of amides is 1. The molecule has 0 aliphatic carbocycles. The fraction of sp³-hybridized carbons (Fsp3) is 0.318. The van der Waals surface area contributed by atoms with Crippen molar-refractivity contribution in [1.82, 2.24) is 9.97 Å². The number of rotatable bonds is 8. The molecule has 152 valence electrons. The van der Waals surface area contributed by atoms with Crippen LogP contribution in [0.3, 0.4) is 0 Å². The van der Waals surface area contributed by atoms with Crippen molar-refractivity contribution < 1.29 is 14.3 Å². The molecule has 29 heavy (non-hydrogen) atoms. The summed E-state index contributed by atoms with van der Waals surface area (Å²) in [6.07, 6.45) is 0.547. The average molecular weight is 412 g/mol. The second kappa shape index (κ2) is 9.52. The van der Waals surface area contributed by atoms with Gasteiger partial charge in [-0.15, -0.1) is 11.3 Å². The largest absolute Gasteiger partial charge is 0.475 e. The third-order valence-corrected chi connectivity index (χ3v) is 4.80. The van der Waals surface area contributed by atoms with Crippen molar-refractivity contribution in [3.8, 4) is 11.8 Å². The zero-order valence-electron chi connectivity index (χ0n) is 17.0. The van der Waals surface area contributed by atoms with Gasteiger partial charge < -0.3 is 9.47 Å². The molecule has 1 amide bonds. The minimum absolute atomic E-state index is 0.0722. The summed E-state index contributed by atoms with van der Waals surface area (Å²) in [5, 5.41) is 5.25. The lowest BCUT2D eigenvalue weighted by Crippen LogP contribution is -2.18. The summed E-state index contributed by atoms with van der Waals surface area (Å²) < 4.78 is 11.7. The Kier molecular flexibility index (Phi) is 6.82. The fourth-order valence-electron chi connectivity index (χ4n) is 2.75. The number of carbonyl (C=O) groups excluding carboxylic acids is 1. The number of carbonyl (C=O) groups is 1. The average Bonchev–Trinajstić information content (AvgIpc) is 3.06. The predicted octanol–water partition coefficient (Wildman–Crippen LogP) is 4.90. The number of pyridine rings is 1. The van der Waals surface area contributed by atoms with Crippen LogP contribution in [0.25, 0.3) is 0 Å². The second-order valence-electron chi connectivity index (χ2n) is 7.07. The van der Waals surface area contributed by atoms with E-state index < -0.39 is 0 Å². The van der Waals surface area contributed by atoms with Crippen molar-refractivity contribution in [2.45, 2.75) is 46.3 Å². The van der Waals surface area contributed by atoms with Gasteiger partial charge in [-0.3, -0.25) is 10.1 Å². The topological polar surface area (TPSA) is 73.3 Å². The first kappa shape index (κ1) is 20.8. The molecule has 0 bridgehead atoms. The summed E-state index contributed by atoms with van der Waals surface area (Å²) in [6.45, 7) is 7.67. The molecule has 0 fully saturated rings. The first-order valence-corrected chi connectivity index (χ1v) is 10.4. The lowest BCUT2D eigenvalue weighted by atomic mass is 10.1. The Morgan fingerprint density at radius 3 is 2.38 bits per heavy atom. The summed E-state index contributed by atoms with van der Waals surface area (Å²) in [5.41, 5.74) is 2.44. The molecule has 0 unspecified atom stereocenters. The summed E-state index contributed by atoms with van der Waals surface area (Å²) in [6, 6.07) is 13.3. The normalized spacial score (nSPS) is 11.9. The predicted molar refractivity (Wildman–Crippen MR) is 115 cm³/mol. The van der Waals surface area contributed by atoms with Gasteiger partial charge in [-0.25, -0.2) is 4.98 Å². The summed E-state index contributed by atoms with van der Waals surface area (Å²) in [4.78, 5) is 21.4. The fourth-order valence-corrected chi connectivity index (χ4v) is 3.43. The molecule has 0 aliphatic rings. The number of aryl methyl sites for hydroxylation is 1. The van der Waals surface area contributed by atoms with E-state index in [0.29, 0.717) is 22.5 Å². The van der Waals surface area contributed by atoms with Crippen LogP contribution in [0, 0.1) is 6.92 Å². The highest BCUT2D eigenvalue weighted by Crippen LogP contribution is 2.23. The Labute approximate surface area is 174 Å². The maximum atomic E-state index is 12.7. The highest BCUT2D eigenvalue weighted by molar-refractivity contribution is 7.13. The van der Waals surface area contributed by atoms with E-state index >= 15 is 0 Å². The van der Waals surface area contributed by atoms with Crippen LogP contribution in [0.5, 0.6) is 11.8 Å². The van der Waals surface area contributed by atoms with Crippen molar-refractivity contribution in [3.05, 3.63) is 64.7 Å². The monoisotopic (exact) mass is 411 g/mol. The Hall–Kier alpha value is -2.93. The van der Waals surface area contributed by atoms with Gasteiger partial charge in [0.2, 0.25) is 11.8 Å². The van der Waals surface area contributed by atoms with Crippen molar-refractivity contribution in [3.63, 3.8) is 0 Å². The van der Waals surface area contributed by atoms with Gasteiger partial charge in [0, 0.05) is 23.9 Å². The summed E-state index contributed by atoms with van der Waals surface area (Å²) in [5.74, 6) is 0.424. The molecule has 2 aromatic heterocycles. The number of ether oxygens (including phenoxy) is 2. The molecule has 7 heteroatoms. The molecule has 3 rings (SSSR count). The SMILES string of the molecule is Cc1csc(NC(=O)c2cc(OC(C)C)nc(O[C@H](C)Cc3ccccc3)c2)n1. The highest BCUT2D eigenvalue weighted by Gasteiger charge is 2.16. The number of benzene rings is 1. The second-order valence-corrected chi connectivity index (χ2v) is 7.92. The van der Waals surface area contributed by atoms with Crippen LogP contribution >= 0.6 is 11.3 Å². The van der Waals surface area contributed by atoms with Gasteiger partial charge in [-0.1, -0.05) is 30.3 Å². The smallest absolute Gasteiger partial charge is 0.257 e. The van der Waals surface area contributed by atoms with Gasteiger partial charge in [0.05, 0.1) is 17.4 Å². The number of anilines is 1. The van der Waals surface area contributed by atoms with E-state index in [2.05, 4.69) is 27.4 Å². The van der Waals surface area contributed by atoms with Crippen LogP contribution in [0.15, 0.2) is 47.8 Å². The third kappa shape index (κ3) is 6.29. The number of hydrogen-bond donors (Lipinski definition) is 1. The van der Waals surface area contributed by atoms with E-state index in [0.717, 1.165) is 12.1 Å².